The van der Waals surface area contributed by atoms with E-state index in [-0.39, 0.29) is 22.1 Å². The number of carbonyl (C=O) groups excluding carboxylic acids is 3. The second-order valence-electron chi connectivity index (χ2n) is 12.0. The van der Waals surface area contributed by atoms with Gasteiger partial charge in [0.1, 0.15) is 28.8 Å². The summed E-state index contributed by atoms with van der Waals surface area (Å²) in [5.41, 5.74) is -1.16. The molecule has 2 fully saturated rings. The van der Waals surface area contributed by atoms with Gasteiger partial charge in [-0.2, -0.15) is 0 Å². The minimum Gasteiger partial charge on any atom is -0.458 e. The minimum absolute atomic E-state index is 0.0241. The Bertz CT molecular complexity index is 1530. The molecule has 4 rings (SSSR count). The summed E-state index contributed by atoms with van der Waals surface area (Å²) in [7, 11) is -4.72. The lowest BCUT2D eigenvalue weighted by Gasteiger charge is -2.33. The molecule has 1 N–H and O–H groups in total. The molecule has 16 heteroatoms. The summed E-state index contributed by atoms with van der Waals surface area (Å²) in [4.78, 5) is 40.1. The average Bonchev–Trinajstić information content (AvgIpc) is 3.33. The Morgan fingerprint density at radius 2 is 1.89 bits per heavy atom. The standard InChI is InChI=1S/C29H35ClFN3O8S3/c1-28(2,3)42-26(36)22(15-18-6-11-23(21(30)14-18)41-27(37)33-12-13-40-17-44-33)34(25(35)24-32-29(4,5)16-43-24)45(38,39)20-9-7-19(31)8-10-20/h6-11,14,22,24,32H,12-13,15-17H2,1-5H3/t22-,24-/m0/s1. The first kappa shape index (κ1) is 35.3. The molecule has 0 radical (unpaired) electrons. The van der Waals surface area contributed by atoms with Crippen LogP contribution in [0.3, 0.4) is 0 Å². The molecule has 2 atom stereocenters. The van der Waals surface area contributed by atoms with Gasteiger partial charge in [-0.05, 0) is 88.5 Å². The van der Waals surface area contributed by atoms with Gasteiger partial charge in [-0.1, -0.05) is 17.7 Å². The second-order valence-corrected chi connectivity index (χ2v) is 16.2. The summed E-state index contributed by atoms with van der Waals surface area (Å²) in [6.45, 7) is 9.28. The molecule has 2 aliphatic rings. The Kier molecular flexibility index (Phi) is 11.0. The van der Waals surface area contributed by atoms with Crippen molar-refractivity contribution in [1.82, 2.24) is 13.9 Å². The monoisotopic (exact) mass is 703 g/mol. The van der Waals surface area contributed by atoms with Crippen LogP contribution in [0.4, 0.5) is 9.18 Å². The highest BCUT2D eigenvalue weighted by molar-refractivity contribution is 8.01. The molecule has 0 unspecified atom stereocenters. The Morgan fingerprint density at radius 1 is 1.20 bits per heavy atom. The maximum absolute atomic E-state index is 14.1. The van der Waals surface area contributed by atoms with E-state index in [0.29, 0.717) is 34.7 Å². The van der Waals surface area contributed by atoms with Crippen molar-refractivity contribution in [2.24, 2.45) is 0 Å². The van der Waals surface area contributed by atoms with Crippen LogP contribution in [0.15, 0.2) is 47.4 Å². The zero-order valence-electron chi connectivity index (χ0n) is 25.4. The van der Waals surface area contributed by atoms with Crippen LogP contribution >= 0.6 is 35.3 Å². The zero-order chi connectivity index (χ0) is 33.2. The normalized spacial score (nSPS) is 19.1. The van der Waals surface area contributed by atoms with E-state index in [1.165, 1.54) is 34.3 Å². The molecule has 2 aromatic rings. The second kappa shape index (κ2) is 14.1. The summed E-state index contributed by atoms with van der Waals surface area (Å²) in [6, 6.07) is 6.66. The van der Waals surface area contributed by atoms with E-state index in [2.05, 4.69) is 5.32 Å². The third-order valence-corrected chi connectivity index (χ3v) is 11.0. The average molecular weight is 704 g/mol. The number of ether oxygens (including phenoxy) is 3. The van der Waals surface area contributed by atoms with Gasteiger partial charge in [0.25, 0.3) is 15.9 Å². The first-order chi connectivity index (χ1) is 21.0. The molecule has 246 valence electrons. The smallest absolute Gasteiger partial charge is 0.425 e. The van der Waals surface area contributed by atoms with E-state index >= 15 is 0 Å². The molecule has 45 heavy (non-hydrogen) atoms. The molecular formula is C29H35ClFN3O8S3. The quantitative estimate of drug-likeness (QED) is 0.300. The molecule has 2 saturated heterocycles. The fraction of sp³-hybridized carbons (Fsp3) is 0.483. The maximum Gasteiger partial charge on any atom is 0.425 e. The van der Waals surface area contributed by atoms with Crippen molar-refractivity contribution in [3.63, 3.8) is 0 Å². The molecule has 0 aromatic heterocycles. The van der Waals surface area contributed by atoms with Gasteiger partial charge in [0, 0.05) is 17.7 Å². The molecule has 2 aliphatic heterocycles. The summed E-state index contributed by atoms with van der Waals surface area (Å²) in [5.74, 6) is -1.68. The fourth-order valence-electron chi connectivity index (χ4n) is 4.41. The molecular weight excluding hydrogens is 669 g/mol. The van der Waals surface area contributed by atoms with Crippen LogP contribution < -0.4 is 10.1 Å². The number of thioether (sulfide) groups is 1. The van der Waals surface area contributed by atoms with E-state index in [0.717, 1.165) is 36.2 Å². The Morgan fingerprint density at radius 3 is 2.44 bits per heavy atom. The molecule has 0 aliphatic carbocycles. The number of hydrogen-bond donors (Lipinski definition) is 1. The molecule has 0 bridgehead atoms. The van der Waals surface area contributed by atoms with E-state index in [1.807, 2.05) is 13.8 Å². The van der Waals surface area contributed by atoms with Crippen LogP contribution in [0, 0.1) is 5.82 Å². The number of nitrogens with zero attached hydrogens (tertiary/aromatic N) is 2. The van der Waals surface area contributed by atoms with Gasteiger partial charge in [0.15, 0.2) is 5.75 Å². The van der Waals surface area contributed by atoms with Crippen LogP contribution in [0.1, 0.15) is 40.2 Å². The summed E-state index contributed by atoms with van der Waals surface area (Å²) in [5, 5.41) is 2.15. The SMILES string of the molecule is CC1(C)CS[C@@H](C(=O)N([C@@H](Cc2ccc(OC(=O)N3CCOCS3)c(Cl)c2)C(=O)OC(C)(C)C)S(=O)(=O)c2ccc(F)cc2)N1. The third kappa shape index (κ3) is 9.04. The Hall–Kier alpha value is -2.56. The van der Waals surface area contributed by atoms with Gasteiger partial charge in [0.2, 0.25) is 0 Å². The lowest BCUT2D eigenvalue weighted by atomic mass is 10.0. The van der Waals surface area contributed by atoms with Gasteiger partial charge in [-0.3, -0.25) is 10.1 Å². The van der Waals surface area contributed by atoms with Crippen molar-refractivity contribution in [3.8, 4) is 5.75 Å². The number of rotatable bonds is 8. The van der Waals surface area contributed by atoms with Crippen molar-refractivity contribution in [2.75, 3.05) is 24.8 Å². The third-order valence-electron chi connectivity index (χ3n) is 6.46. The van der Waals surface area contributed by atoms with E-state index in [9.17, 15) is 27.2 Å². The molecule has 0 saturated carbocycles. The zero-order valence-corrected chi connectivity index (χ0v) is 28.6. The summed E-state index contributed by atoms with van der Waals surface area (Å²) >= 11 is 8.83. The molecule has 2 aromatic carbocycles. The molecule has 0 spiro atoms. The van der Waals surface area contributed by atoms with Crippen molar-refractivity contribution in [2.45, 2.75) is 68.5 Å². The van der Waals surface area contributed by atoms with Gasteiger partial charge in [-0.25, -0.2) is 31.0 Å². The Balaban J connectivity index is 1.72. The summed E-state index contributed by atoms with van der Waals surface area (Å²) < 4.78 is 60.2. The predicted molar refractivity (Wildman–Crippen MR) is 170 cm³/mol. The highest BCUT2D eigenvalue weighted by atomic mass is 35.5. The number of halogens is 2. The number of amides is 2. The minimum atomic E-state index is -4.72. The van der Waals surface area contributed by atoms with Crippen LogP contribution in [-0.4, -0.2) is 82.4 Å². The number of sulfonamides is 1. The first-order valence-corrected chi connectivity index (χ1v) is 17.7. The number of nitrogens with one attached hydrogen (secondary N) is 1. The predicted octanol–water partition coefficient (Wildman–Crippen LogP) is 4.83. The highest BCUT2D eigenvalue weighted by Crippen LogP contribution is 2.33. The fourth-order valence-corrected chi connectivity index (χ4v) is 8.25. The van der Waals surface area contributed by atoms with Gasteiger partial charge < -0.3 is 14.2 Å². The van der Waals surface area contributed by atoms with E-state index in [1.54, 1.807) is 20.8 Å². The lowest BCUT2D eigenvalue weighted by molar-refractivity contribution is -0.161. The Labute approximate surface area is 275 Å². The van der Waals surface area contributed by atoms with Crippen LogP contribution in [0.5, 0.6) is 5.75 Å². The summed E-state index contributed by atoms with van der Waals surface area (Å²) in [6.07, 6.45) is -0.967. The van der Waals surface area contributed by atoms with Crippen molar-refractivity contribution < 1.29 is 41.4 Å². The highest BCUT2D eigenvalue weighted by Gasteiger charge is 2.47. The van der Waals surface area contributed by atoms with Crippen LogP contribution in [0.25, 0.3) is 0 Å². The van der Waals surface area contributed by atoms with E-state index < -0.39 is 56.4 Å². The van der Waals surface area contributed by atoms with E-state index in [4.69, 9.17) is 25.8 Å². The topological polar surface area (TPSA) is 132 Å². The van der Waals surface area contributed by atoms with Crippen molar-refractivity contribution in [3.05, 3.63) is 58.9 Å². The van der Waals surface area contributed by atoms with Crippen molar-refractivity contribution >= 4 is 63.3 Å². The number of benzene rings is 2. The van der Waals surface area contributed by atoms with Crippen LogP contribution in [0.2, 0.25) is 5.02 Å². The first-order valence-electron chi connectivity index (χ1n) is 13.9. The molecule has 2 heterocycles. The number of hydrogen-bond acceptors (Lipinski definition) is 11. The number of esters is 1. The lowest BCUT2D eigenvalue weighted by Crippen LogP contribution is -2.56. The van der Waals surface area contributed by atoms with Gasteiger partial charge in [-0.15, -0.1) is 11.8 Å². The van der Waals surface area contributed by atoms with Crippen LogP contribution in [-0.2, 0) is 35.5 Å². The molecule has 11 nitrogen and oxygen atoms in total. The van der Waals surface area contributed by atoms with Gasteiger partial charge in [0.05, 0.1) is 23.1 Å². The largest absolute Gasteiger partial charge is 0.458 e. The van der Waals surface area contributed by atoms with Gasteiger partial charge >= 0.3 is 12.1 Å². The maximum atomic E-state index is 14.1. The molecule has 2 amide bonds. The number of carbonyl (C=O) groups is 3. The van der Waals surface area contributed by atoms with Crippen molar-refractivity contribution in [1.29, 1.82) is 0 Å².